The molecule has 1 amide bonds. The van der Waals surface area contributed by atoms with Gasteiger partial charge in [0.25, 0.3) is 0 Å². The molecular weight excluding hydrogens is 363 g/mol. The van der Waals surface area contributed by atoms with E-state index in [2.05, 4.69) is 10.3 Å². The van der Waals surface area contributed by atoms with Crippen LogP contribution in [0.15, 0.2) is 12.1 Å². The van der Waals surface area contributed by atoms with Crippen LogP contribution in [0.3, 0.4) is 0 Å². The highest BCUT2D eigenvalue weighted by molar-refractivity contribution is 7.23. The summed E-state index contributed by atoms with van der Waals surface area (Å²) in [5.74, 6) is 3.23. The van der Waals surface area contributed by atoms with Gasteiger partial charge in [-0.15, -0.1) is 0 Å². The number of benzene rings is 1. The molecule has 1 aromatic heterocycles. The number of aromatic nitrogens is 1. The van der Waals surface area contributed by atoms with E-state index in [1.165, 1.54) is 43.4 Å². The SMILES string of the molecule is O=C(Nc1nc2cc(Cl)cc(Cl)c2s1)C1C2CC3CC(C2)CC1C3. The van der Waals surface area contributed by atoms with E-state index in [0.29, 0.717) is 27.0 Å². The topological polar surface area (TPSA) is 42.0 Å². The van der Waals surface area contributed by atoms with E-state index in [4.69, 9.17) is 23.2 Å². The number of nitrogens with one attached hydrogen (secondary N) is 1. The number of amides is 1. The molecule has 6 heteroatoms. The van der Waals surface area contributed by atoms with E-state index in [0.717, 1.165) is 22.1 Å². The van der Waals surface area contributed by atoms with Crippen molar-refractivity contribution in [2.75, 3.05) is 5.32 Å². The van der Waals surface area contributed by atoms with Gasteiger partial charge in [-0.25, -0.2) is 4.98 Å². The first kappa shape index (κ1) is 15.4. The van der Waals surface area contributed by atoms with Gasteiger partial charge >= 0.3 is 0 Å². The van der Waals surface area contributed by atoms with Crippen molar-refractivity contribution in [3.8, 4) is 0 Å². The number of halogens is 2. The van der Waals surface area contributed by atoms with E-state index >= 15 is 0 Å². The lowest BCUT2D eigenvalue weighted by atomic mass is 9.51. The molecule has 1 heterocycles. The molecule has 126 valence electrons. The lowest BCUT2D eigenvalue weighted by molar-refractivity contribution is -0.132. The molecule has 0 unspecified atom stereocenters. The molecule has 1 aromatic carbocycles. The van der Waals surface area contributed by atoms with Gasteiger partial charge in [0.2, 0.25) is 5.91 Å². The minimum absolute atomic E-state index is 0.157. The molecule has 4 fully saturated rings. The Kier molecular flexibility index (Phi) is 3.59. The molecule has 1 N–H and O–H groups in total. The Morgan fingerprint density at radius 3 is 2.42 bits per heavy atom. The van der Waals surface area contributed by atoms with Crippen molar-refractivity contribution < 1.29 is 4.79 Å². The third-order valence-corrected chi connectivity index (χ3v) is 7.82. The molecule has 4 aliphatic carbocycles. The molecule has 0 aliphatic heterocycles. The zero-order valence-corrected chi connectivity index (χ0v) is 15.4. The maximum Gasteiger partial charge on any atom is 0.229 e. The Balaban J connectivity index is 1.40. The second-order valence-corrected chi connectivity index (χ2v) is 9.54. The molecule has 6 rings (SSSR count). The largest absolute Gasteiger partial charge is 0.302 e. The molecule has 2 aromatic rings. The van der Waals surface area contributed by atoms with Crippen LogP contribution >= 0.6 is 34.5 Å². The lowest BCUT2D eigenvalue weighted by Gasteiger charge is -2.53. The molecule has 0 radical (unpaired) electrons. The van der Waals surface area contributed by atoms with E-state index in [9.17, 15) is 4.79 Å². The summed E-state index contributed by atoms with van der Waals surface area (Å²) in [4.78, 5) is 17.4. The fourth-order valence-corrected chi connectivity index (χ4v) is 7.01. The zero-order valence-electron chi connectivity index (χ0n) is 13.1. The molecule has 4 saturated carbocycles. The first-order chi connectivity index (χ1) is 11.6. The number of hydrogen-bond donors (Lipinski definition) is 1. The lowest BCUT2D eigenvalue weighted by Crippen LogP contribution is -2.49. The molecule has 0 saturated heterocycles. The Labute approximate surface area is 154 Å². The smallest absolute Gasteiger partial charge is 0.229 e. The van der Waals surface area contributed by atoms with Gasteiger partial charge in [0, 0.05) is 10.9 Å². The number of carbonyl (C=O) groups is 1. The molecule has 4 aliphatic rings. The average Bonchev–Trinajstić information content (AvgIpc) is 2.88. The van der Waals surface area contributed by atoms with E-state index in [1.54, 1.807) is 12.1 Å². The van der Waals surface area contributed by atoms with Crippen LogP contribution in [0, 0.1) is 29.6 Å². The van der Waals surface area contributed by atoms with Gasteiger partial charge in [-0.1, -0.05) is 34.5 Å². The number of thiazole rings is 1. The molecule has 4 bridgehead atoms. The highest BCUT2D eigenvalue weighted by atomic mass is 35.5. The summed E-state index contributed by atoms with van der Waals surface area (Å²) < 4.78 is 0.876. The molecular formula is C18H18Cl2N2OS. The number of hydrogen-bond acceptors (Lipinski definition) is 3. The predicted molar refractivity (Wildman–Crippen MR) is 98.8 cm³/mol. The summed E-state index contributed by atoms with van der Waals surface area (Å²) in [5.41, 5.74) is 0.748. The number of rotatable bonds is 2. The minimum Gasteiger partial charge on any atom is -0.302 e. The van der Waals surface area contributed by atoms with Crippen LogP contribution in [0.1, 0.15) is 32.1 Å². The normalized spacial score (nSPS) is 34.0. The Bertz CT molecular complexity index is 806. The van der Waals surface area contributed by atoms with Crippen LogP contribution in [0.5, 0.6) is 0 Å². The fourth-order valence-electron chi connectivity index (χ4n) is 5.56. The standard InChI is InChI=1S/C18H18Cl2N2OS/c19-12-6-13(20)16-14(7-12)21-18(24-16)22-17(23)15-10-2-8-1-9(4-10)5-11(15)3-8/h6-11,15H,1-5H2,(H,21,22,23). The van der Waals surface area contributed by atoms with Crippen molar-refractivity contribution in [3.63, 3.8) is 0 Å². The van der Waals surface area contributed by atoms with Crippen LogP contribution in [-0.2, 0) is 4.79 Å². The minimum atomic E-state index is 0.157. The summed E-state index contributed by atoms with van der Waals surface area (Å²) in [5, 5.41) is 4.86. The van der Waals surface area contributed by atoms with Crippen molar-refractivity contribution >= 4 is 55.8 Å². The monoisotopic (exact) mass is 380 g/mol. The highest BCUT2D eigenvalue weighted by Gasteiger charge is 2.50. The van der Waals surface area contributed by atoms with Gasteiger partial charge in [0.15, 0.2) is 5.13 Å². The number of fused-ring (bicyclic) bond motifs is 1. The summed E-state index contributed by atoms with van der Waals surface area (Å²) in [6.07, 6.45) is 6.37. The number of anilines is 1. The van der Waals surface area contributed by atoms with Crippen LogP contribution in [-0.4, -0.2) is 10.9 Å². The van der Waals surface area contributed by atoms with Gasteiger partial charge < -0.3 is 5.32 Å². The summed E-state index contributed by atoms with van der Waals surface area (Å²) >= 11 is 13.7. The third-order valence-electron chi connectivity index (χ3n) is 6.17. The van der Waals surface area contributed by atoms with Crippen LogP contribution in [0.25, 0.3) is 10.2 Å². The quantitative estimate of drug-likeness (QED) is 0.734. The fraction of sp³-hybridized carbons (Fsp3) is 0.556. The van der Waals surface area contributed by atoms with Crippen molar-refractivity contribution in [1.29, 1.82) is 0 Å². The van der Waals surface area contributed by atoms with Crippen LogP contribution in [0.2, 0.25) is 10.0 Å². The van der Waals surface area contributed by atoms with Crippen LogP contribution in [0.4, 0.5) is 5.13 Å². The molecule has 3 nitrogen and oxygen atoms in total. The number of nitrogens with zero attached hydrogens (tertiary/aromatic N) is 1. The van der Waals surface area contributed by atoms with Crippen molar-refractivity contribution in [1.82, 2.24) is 4.98 Å². The average molecular weight is 381 g/mol. The summed E-state index contributed by atoms with van der Waals surface area (Å²) in [6.45, 7) is 0. The maximum atomic E-state index is 12.9. The summed E-state index contributed by atoms with van der Waals surface area (Å²) in [7, 11) is 0. The first-order valence-electron chi connectivity index (χ1n) is 8.63. The first-order valence-corrected chi connectivity index (χ1v) is 10.2. The van der Waals surface area contributed by atoms with Gasteiger partial charge in [-0.05, 0) is 67.9 Å². The second kappa shape index (κ2) is 5.58. The van der Waals surface area contributed by atoms with Gasteiger partial charge in [-0.3, -0.25) is 4.79 Å². The van der Waals surface area contributed by atoms with Gasteiger partial charge in [0.05, 0.1) is 15.2 Å². The zero-order chi connectivity index (χ0) is 16.4. The van der Waals surface area contributed by atoms with Crippen molar-refractivity contribution in [3.05, 3.63) is 22.2 Å². The summed E-state index contributed by atoms with van der Waals surface area (Å²) in [6, 6.07) is 3.50. The van der Waals surface area contributed by atoms with Crippen molar-refractivity contribution in [2.24, 2.45) is 29.6 Å². The third kappa shape index (κ3) is 2.46. The molecule has 0 atom stereocenters. The Morgan fingerprint density at radius 2 is 1.75 bits per heavy atom. The van der Waals surface area contributed by atoms with Crippen LogP contribution < -0.4 is 5.32 Å². The number of carbonyl (C=O) groups excluding carboxylic acids is 1. The predicted octanol–water partition coefficient (Wildman–Crippen LogP) is 5.61. The van der Waals surface area contributed by atoms with Gasteiger partial charge in [0.1, 0.15) is 0 Å². The maximum absolute atomic E-state index is 12.9. The van der Waals surface area contributed by atoms with Gasteiger partial charge in [-0.2, -0.15) is 0 Å². The van der Waals surface area contributed by atoms with E-state index in [1.807, 2.05) is 0 Å². The molecule has 24 heavy (non-hydrogen) atoms. The Morgan fingerprint density at radius 1 is 1.08 bits per heavy atom. The second-order valence-electron chi connectivity index (χ2n) is 7.70. The Hall–Kier alpha value is -0.840. The highest BCUT2D eigenvalue weighted by Crippen LogP contribution is 2.56. The van der Waals surface area contributed by atoms with Crippen molar-refractivity contribution in [2.45, 2.75) is 32.1 Å². The molecule has 0 spiro atoms. The van der Waals surface area contributed by atoms with E-state index in [-0.39, 0.29) is 11.8 Å². The van der Waals surface area contributed by atoms with E-state index < -0.39 is 0 Å².